The number of carbonyl (C=O) groups excluding carboxylic acids is 2. The Balaban J connectivity index is 2.11. The summed E-state index contributed by atoms with van der Waals surface area (Å²) >= 11 is 5.90. The van der Waals surface area contributed by atoms with Crippen LogP contribution in [0, 0.1) is 5.82 Å². The standard InChI is InChI=1S/C23H24ClFN2O3/c1-3-26(4-2)13-14-27-20(17-7-5-6-8-18(17)25)19(22(29)23(27)30)21(28)15-9-11-16(24)12-10-15/h5-12,20,28H,3-4,13-14H2,1-2H3. The average Bonchev–Trinajstić information content (AvgIpc) is 2.99. The zero-order chi connectivity index (χ0) is 21.8. The zero-order valence-corrected chi connectivity index (χ0v) is 17.7. The Hall–Kier alpha value is -2.70. The fraction of sp³-hybridized carbons (Fsp3) is 0.304. The molecule has 1 unspecified atom stereocenters. The first-order valence-electron chi connectivity index (χ1n) is 9.99. The highest BCUT2D eigenvalue weighted by molar-refractivity contribution is 6.46. The van der Waals surface area contributed by atoms with Gasteiger partial charge in [0.25, 0.3) is 5.91 Å². The van der Waals surface area contributed by atoms with Crippen molar-refractivity contribution in [1.82, 2.24) is 4.90 Å². The van der Waals surface area contributed by atoms with E-state index in [1.165, 1.54) is 52.3 Å². The van der Waals surface area contributed by atoms with Crippen molar-refractivity contribution in [3.8, 4) is 0 Å². The first-order chi connectivity index (χ1) is 14.4. The van der Waals surface area contributed by atoms with Crippen molar-refractivity contribution in [3.63, 3.8) is 0 Å². The Kier molecular flexibility index (Phi) is 6.90. The van der Waals surface area contributed by atoms with Gasteiger partial charge in [0.2, 0.25) is 5.78 Å². The molecular weight excluding hydrogens is 407 g/mol. The number of hydrogen-bond donors (Lipinski definition) is 1. The second kappa shape index (κ2) is 9.41. The predicted octanol–water partition coefficient (Wildman–Crippen LogP) is 1.63. The van der Waals surface area contributed by atoms with Gasteiger partial charge in [-0.25, -0.2) is 4.39 Å². The van der Waals surface area contributed by atoms with Gasteiger partial charge in [-0.3, -0.25) is 9.59 Å². The van der Waals surface area contributed by atoms with E-state index in [-0.39, 0.29) is 23.2 Å². The maximum atomic E-state index is 14.7. The van der Waals surface area contributed by atoms with Gasteiger partial charge in [0.15, 0.2) is 0 Å². The molecule has 30 heavy (non-hydrogen) atoms. The quantitative estimate of drug-likeness (QED) is 0.412. The van der Waals surface area contributed by atoms with Crippen LogP contribution in [-0.2, 0) is 9.59 Å². The lowest BCUT2D eigenvalue weighted by Gasteiger charge is -2.28. The van der Waals surface area contributed by atoms with Crippen LogP contribution in [0.3, 0.4) is 0 Å². The van der Waals surface area contributed by atoms with E-state index in [4.69, 9.17) is 11.6 Å². The number of amides is 1. The smallest absolute Gasteiger partial charge is 0.295 e. The van der Waals surface area contributed by atoms with Crippen LogP contribution in [0.25, 0.3) is 5.76 Å². The summed E-state index contributed by atoms with van der Waals surface area (Å²) < 4.78 is 14.7. The Morgan fingerprint density at radius 1 is 1.10 bits per heavy atom. The molecule has 5 nitrogen and oxygen atoms in total. The van der Waals surface area contributed by atoms with Gasteiger partial charge >= 0.3 is 0 Å². The molecule has 0 radical (unpaired) electrons. The molecule has 1 N–H and O–H groups in total. The fourth-order valence-electron chi connectivity index (χ4n) is 3.76. The van der Waals surface area contributed by atoms with Crippen molar-refractivity contribution in [2.45, 2.75) is 19.9 Å². The average molecular weight is 431 g/mol. The Bertz CT molecular complexity index is 971. The Morgan fingerprint density at radius 2 is 1.73 bits per heavy atom. The molecule has 1 fully saturated rings. The van der Waals surface area contributed by atoms with Crippen LogP contribution in [0.4, 0.5) is 4.39 Å². The van der Waals surface area contributed by atoms with Gasteiger partial charge in [0.1, 0.15) is 5.82 Å². The first-order valence-corrected chi connectivity index (χ1v) is 10.4. The van der Waals surface area contributed by atoms with Crippen LogP contribution in [0.5, 0.6) is 0 Å². The van der Waals surface area contributed by atoms with E-state index in [1.54, 1.807) is 6.07 Å². The van der Waals surface area contributed by atoms with E-state index in [0.29, 0.717) is 11.6 Å². The van der Waals surface area contributed by atoms with Gasteiger partial charge < -0.3 is 14.9 Å². The van der Waals surface area contributed by atoms with Crippen LogP contribution in [0.2, 0.25) is 5.02 Å². The van der Waals surface area contributed by atoms with Crippen molar-refractivity contribution in [2.75, 3.05) is 26.2 Å². The molecular formula is C23H24ClFN2O3. The molecule has 0 saturated carbocycles. The summed E-state index contributed by atoms with van der Waals surface area (Å²) in [6, 6.07) is 11.0. The van der Waals surface area contributed by atoms with Gasteiger partial charge in [-0.2, -0.15) is 0 Å². The molecule has 158 valence electrons. The molecule has 0 spiro atoms. The lowest BCUT2D eigenvalue weighted by Crippen LogP contribution is -3.12. The van der Waals surface area contributed by atoms with Crippen LogP contribution < -0.4 is 10.0 Å². The number of likely N-dealkylation sites (N-methyl/N-ethyl adjacent to an activating group) is 1. The molecule has 0 aromatic heterocycles. The molecule has 2 aromatic carbocycles. The van der Waals surface area contributed by atoms with E-state index in [9.17, 15) is 19.1 Å². The predicted molar refractivity (Wildman–Crippen MR) is 111 cm³/mol. The number of ketones is 1. The number of Topliss-reactive ketones (excluding diaryl/α,β-unsaturated/α-hetero) is 1. The summed E-state index contributed by atoms with van der Waals surface area (Å²) in [7, 11) is 0. The summed E-state index contributed by atoms with van der Waals surface area (Å²) in [5, 5.41) is 13.6. The van der Waals surface area contributed by atoms with Gasteiger partial charge in [-0.15, -0.1) is 0 Å². The summed E-state index contributed by atoms with van der Waals surface area (Å²) in [6.45, 7) is 6.63. The lowest BCUT2D eigenvalue weighted by atomic mass is 9.95. The molecule has 1 heterocycles. The second-order valence-corrected chi connectivity index (χ2v) is 7.64. The van der Waals surface area contributed by atoms with Crippen LogP contribution >= 0.6 is 11.6 Å². The van der Waals surface area contributed by atoms with E-state index in [2.05, 4.69) is 0 Å². The third kappa shape index (κ3) is 4.25. The zero-order valence-electron chi connectivity index (χ0n) is 17.0. The third-order valence-electron chi connectivity index (χ3n) is 5.54. The molecule has 1 atom stereocenters. The number of rotatable bonds is 7. The third-order valence-corrected chi connectivity index (χ3v) is 5.79. The topological polar surface area (TPSA) is 64.9 Å². The number of benzene rings is 2. The summed E-state index contributed by atoms with van der Waals surface area (Å²) in [5.74, 6) is -2.80. The largest absolute Gasteiger partial charge is 0.872 e. The molecule has 7 heteroatoms. The maximum absolute atomic E-state index is 14.7. The minimum atomic E-state index is -1.05. The molecule has 2 aromatic rings. The fourth-order valence-corrected chi connectivity index (χ4v) is 3.89. The molecule has 0 aliphatic carbocycles. The van der Waals surface area contributed by atoms with Gasteiger partial charge in [-0.05, 0) is 37.6 Å². The summed E-state index contributed by atoms with van der Waals surface area (Å²) in [6.07, 6.45) is 0. The number of nitrogens with zero attached hydrogens (tertiary/aromatic N) is 1. The van der Waals surface area contributed by atoms with Gasteiger partial charge in [-0.1, -0.05) is 47.7 Å². The van der Waals surface area contributed by atoms with Crippen molar-refractivity contribution in [2.24, 2.45) is 0 Å². The Labute approximate surface area is 180 Å². The maximum Gasteiger partial charge on any atom is 0.295 e. The molecule has 3 rings (SSSR count). The second-order valence-electron chi connectivity index (χ2n) is 7.21. The number of quaternary nitrogens is 1. The molecule has 1 amide bonds. The van der Waals surface area contributed by atoms with E-state index < -0.39 is 29.3 Å². The number of halogens is 2. The normalized spacial score (nSPS) is 18.4. The lowest BCUT2D eigenvalue weighted by molar-refractivity contribution is -0.895. The monoisotopic (exact) mass is 430 g/mol. The van der Waals surface area contributed by atoms with Gasteiger partial charge in [0, 0.05) is 16.2 Å². The number of likely N-dealkylation sites (tertiary alicyclic amines) is 1. The molecule has 1 aliphatic heterocycles. The van der Waals surface area contributed by atoms with Crippen LogP contribution in [-0.4, -0.2) is 42.8 Å². The molecule has 1 saturated heterocycles. The summed E-state index contributed by atoms with van der Waals surface area (Å²) in [5.41, 5.74) is 0.152. The van der Waals surface area contributed by atoms with Crippen LogP contribution in [0.15, 0.2) is 54.1 Å². The molecule has 0 bridgehead atoms. The SMILES string of the molecule is CC[NH+](CC)CCN1C(=O)C(=O)C(=C([O-])c2ccc(Cl)cc2)C1c1ccccc1F. The van der Waals surface area contributed by atoms with E-state index in [1.807, 2.05) is 13.8 Å². The van der Waals surface area contributed by atoms with Gasteiger partial charge in [0.05, 0.1) is 32.2 Å². The highest BCUT2D eigenvalue weighted by Crippen LogP contribution is 2.39. The van der Waals surface area contributed by atoms with Crippen LogP contribution in [0.1, 0.15) is 31.0 Å². The van der Waals surface area contributed by atoms with Crippen molar-refractivity contribution in [3.05, 3.63) is 76.1 Å². The highest BCUT2D eigenvalue weighted by atomic mass is 35.5. The van der Waals surface area contributed by atoms with Crippen molar-refractivity contribution >= 4 is 29.1 Å². The minimum Gasteiger partial charge on any atom is -0.872 e. The number of nitrogens with one attached hydrogen (secondary N) is 1. The van der Waals surface area contributed by atoms with Crippen molar-refractivity contribution < 1.29 is 24.0 Å². The van der Waals surface area contributed by atoms with E-state index >= 15 is 0 Å². The number of hydrogen-bond acceptors (Lipinski definition) is 3. The Morgan fingerprint density at radius 3 is 2.33 bits per heavy atom. The minimum absolute atomic E-state index is 0.142. The summed E-state index contributed by atoms with van der Waals surface area (Å²) in [4.78, 5) is 28.3. The highest BCUT2D eigenvalue weighted by Gasteiger charge is 2.45. The van der Waals surface area contributed by atoms with Crippen molar-refractivity contribution in [1.29, 1.82) is 0 Å². The molecule has 1 aliphatic rings. The first kappa shape index (κ1) is 22.0. The number of carbonyl (C=O) groups is 2. The van der Waals surface area contributed by atoms with E-state index in [0.717, 1.165) is 13.1 Å².